The lowest BCUT2D eigenvalue weighted by Crippen LogP contribution is -2.55. The van der Waals surface area contributed by atoms with Crippen molar-refractivity contribution in [2.45, 2.75) is 77.5 Å². The molecule has 1 spiro atoms. The van der Waals surface area contributed by atoms with Crippen molar-refractivity contribution in [1.29, 1.82) is 0 Å². The summed E-state index contributed by atoms with van der Waals surface area (Å²) in [7, 11) is 0. The molecule has 2 rings (SSSR count). The van der Waals surface area contributed by atoms with Gasteiger partial charge in [-0.2, -0.15) is 0 Å². The molecule has 2 atom stereocenters. The molecule has 2 aliphatic rings. The largest absolute Gasteiger partial charge is 0.480 e. The van der Waals surface area contributed by atoms with E-state index in [1.807, 2.05) is 13.8 Å². The van der Waals surface area contributed by atoms with Gasteiger partial charge in [-0.05, 0) is 52.4 Å². The van der Waals surface area contributed by atoms with Crippen molar-refractivity contribution in [3.63, 3.8) is 0 Å². The van der Waals surface area contributed by atoms with Gasteiger partial charge in [-0.1, -0.05) is 13.8 Å². The van der Waals surface area contributed by atoms with E-state index in [0.717, 1.165) is 6.42 Å². The number of hydrogen-bond donors (Lipinski definition) is 1. The van der Waals surface area contributed by atoms with Crippen LogP contribution in [-0.4, -0.2) is 63.1 Å². The van der Waals surface area contributed by atoms with Gasteiger partial charge in [-0.3, -0.25) is 9.69 Å². The molecule has 7 nitrogen and oxygen atoms in total. The summed E-state index contributed by atoms with van der Waals surface area (Å²) in [5, 5.41) is 9.56. The van der Waals surface area contributed by atoms with Crippen molar-refractivity contribution in [2.75, 3.05) is 13.1 Å². The molecular weight excluding hydrogens is 324 g/mol. The van der Waals surface area contributed by atoms with Gasteiger partial charge in [0.15, 0.2) is 0 Å². The number of hydrogen-bond acceptors (Lipinski definition) is 4. The van der Waals surface area contributed by atoms with Crippen LogP contribution < -0.4 is 0 Å². The molecule has 7 heteroatoms. The monoisotopic (exact) mass is 354 g/mol. The van der Waals surface area contributed by atoms with Gasteiger partial charge in [0.2, 0.25) is 5.91 Å². The van der Waals surface area contributed by atoms with E-state index in [9.17, 15) is 19.5 Å². The molecule has 0 aliphatic carbocycles. The summed E-state index contributed by atoms with van der Waals surface area (Å²) in [6, 6.07) is -0.840. The molecule has 2 fully saturated rings. The molecule has 0 saturated carbocycles. The Bertz CT molecular complexity index is 554. The highest BCUT2D eigenvalue weighted by atomic mass is 16.6. The van der Waals surface area contributed by atoms with Crippen molar-refractivity contribution in [3.05, 3.63) is 0 Å². The fourth-order valence-electron chi connectivity index (χ4n) is 3.83. The molecule has 25 heavy (non-hydrogen) atoms. The van der Waals surface area contributed by atoms with Gasteiger partial charge in [0.25, 0.3) is 0 Å². The molecule has 0 radical (unpaired) electrons. The van der Waals surface area contributed by atoms with Crippen molar-refractivity contribution in [2.24, 2.45) is 5.92 Å². The summed E-state index contributed by atoms with van der Waals surface area (Å²) in [6.07, 6.45) is 1.67. The lowest BCUT2D eigenvalue weighted by Gasteiger charge is -2.35. The minimum absolute atomic E-state index is 0.163. The first-order valence-corrected chi connectivity index (χ1v) is 9.02. The van der Waals surface area contributed by atoms with Gasteiger partial charge in [-0.15, -0.1) is 0 Å². The zero-order chi connectivity index (χ0) is 19.0. The van der Waals surface area contributed by atoms with Gasteiger partial charge in [0.05, 0.1) is 0 Å². The van der Waals surface area contributed by atoms with Crippen LogP contribution in [0.1, 0.15) is 60.3 Å². The number of carboxylic acid groups (broad SMARTS) is 1. The third kappa shape index (κ3) is 3.90. The van der Waals surface area contributed by atoms with Gasteiger partial charge in [0, 0.05) is 13.1 Å². The minimum Gasteiger partial charge on any atom is -0.480 e. The second kappa shape index (κ2) is 6.84. The van der Waals surface area contributed by atoms with E-state index in [2.05, 4.69) is 0 Å². The topological polar surface area (TPSA) is 87.2 Å². The predicted octanol–water partition coefficient (Wildman–Crippen LogP) is 2.49. The lowest BCUT2D eigenvalue weighted by molar-refractivity contribution is -0.151. The first kappa shape index (κ1) is 19.5. The Balaban J connectivity index is 2.23. The number of carbonyl (C=O) groups excluding carboxylic acids is 2. The van der Waals surface area contributed by atoms with Gasteiger partial charge in [-0.25, -0.2) is 9.59 Å². The summed E-state index contributed by atoms with van der Waals surface area (Å²) < 4.78 is 5.46. The third-order valence-corrected chi connectivity index (χ3v) is 4.88. The number of carboxylic acids is 1. The van der Waals surface area contributed by atoms with Gasteiger partial charge < -0.3 is 14.7 Å². The van der Waals surface area contributed by atoms with Crippen LogP contribution in [-0.2, 0) is 14.3 Å². The number of ether oxygens (including phenoxy) is 1. The molecule has 0 aromatic carbocycles. The molecule has 0 aromatic heterocycles. The summed E-state index contributed by atoms with van der Waals surface area (Å²) in [4.78, 5) is 40.4. The zero-order valence-electron chi connectivity index (χ0n) is 15.9. The Kier molecular flexibility index (Phi) is 5.35. The molecule has 2 aliphatic heterocycles. The lowest BCUT2D eigenvalue weighted by atomic mass is 9.94. The molecule has 2 saturated heterocycles. The van der Waals surface area contributed by atoms with Crippen molar-refractivity contribution >= 4 is 18.0 Å². The molecule has 2 amide bonds. The SMILES string of the molecule is CC(C)C[C@H](C(=O)O)N1CC[C@]2(CCCN2C(=O)OC(C)(C)C)C1=O. The predicted molar refractivity (Wildman–Crippen MR) is 92.1 cm³/mol. The molecule has 0 unspecified atom stereocenters. The average Bonchev–Trinajstić information content (AvgIpc) is 3.01. The molecule has 142 valence electrons. The smallest absolute Gasteiger partial charge is 0.411 e. The summed E-state index contributed by atoms with van der Waals surface area (Å²) in [6.45, 7) is 10.1. The number of rotatable bonds is 4. The number of nitrogens with zero attached hydrogens (tertiary/aromatic N) is 2. The van der Waals surface area contributed by atoms with E-state index < -0.39 is 29.2 Å². The van der Waals surface area contributed by atoms with Crippen LogP contribution in [0.25, 0.3) is 0 Å². The highest BCUT2D eigenvalue weighted by Crippen LogP contribution is 2.40. The maximum Gasteiger partial charge on any atom is 0.411 e. The van der Waals surface area contributed by atoms with Crippen molar-refractivity contribution < 1.29 is 24.2 Å². The van der Waals surface area contributed by atoms with Crippen LogP contribution >= 0.6 is 0 Å². The number of carbonyl (C=O) groups is 3. The maximum absolute atomic E-state index is 13.2. The van der Waals surface area contributed by atoms with E-state index in [4.69, 9.17) is 4.74 Å². The average molecular weight is 354 g/mol. The number of aliphatic carboxylic acids is 1. The van der Waals surface area contributed by atoms with E-state index >= 15 is 0 Å². The van der Waals surface area contributed by atoms with Crippen LogP contribution in [0, 0.1) is 5.92 Å². The first-order valence-electron chi connectivity index (χ1n) is 9.02. The molecule has 0 aromatic rings. The Hall–Kier alpha value is -1.79. The van der Waals surface area contributed by atoms with Crippen LogP contribution in [0.5, 0.6) is 0 Å². The van der Waals surface area contributed by atoms with E-state index in [-0.39, 0.29) is 11.8 Å². The first-order chi connectivity index (χ1) is 11.5. The Morgan fingerprint density at radius 3 is 2.40 bits per heavy atom. The Morgan fingerprint density at radius 2 is 1.88 bits per heavy atom. The van der Waals surface area contributed by atoms with E-state index in [0.29, 0.717) is 32.4 Å². The maximum atomic E-state index is 13.2. The summed E-state index contributed by atoms with van der Waals surface area (Å²) in [5.41, 5.74) is -1.57. The highest BCUT2D eigenvalue weighted by molar-refractivity contribution is 5.95. The second-order valence-electron chi connectivity index (χ2n) is 8.50. The fourth-order valence-corrected chi connectivity index (χ4v) is 3.83. The van der Waals surface area contributed by atoms with Crippen molar-refractivity contribution in [3.8, 4) is 0 Å². The molecule has 1 N–H and O–H groups in total. The fraction of sp³-hybridized carbons (Fsp3) is 0.833. The van der Waals surface area contributed by atoms with Crippen LogP contribution in [0.2, 0.25) is 0 Å². The Morgan fingerprint density at radius 1 is 1.24 bits per heavy atom. The molecule has 0 bridgehead atoms. The number of amides is 2. The van der Waals surface area contributed by atoms with Gasteiger partial charge >= 0.3 is 12.1 Å². The summed E-state index contributed by atoms with van der Waals surface area (Å²) in [5.74, 6) is -1.07. The van der Waals surface area contributed by atoms with E-state index in [1.54, 1.807) is 20.8 Å². The standard InChI is InChI=1S/C18H30N2O5/c1-12(2)11-13(14(21)22)19-10-8-18(15(19)23)7-6-9-20(18)16(24)25-17(3,4)5/h12-13H,6-11H2,1-5H3,(H,21,22)/t13-,18-/m1/s1. The molecule has 2 heterocycles. The van der Waals surface area contributed by atoms with Crippen LogP contribution in [0.3, 0.4) is 0 Å². The minimum atomic E-state index is -0.985. The summed E-state index contributed by atoms with van der Waals surface area (Å²) >= 11 is 0. The third-order valence-electron chi connectivity index (χ3n) is 4.88. The van der Waals surface area contributed by atoms with E-state index in [1.165, 1.54) is 9.80 Å². The normalized spacial score (nSPS) is 25.1. The second-order valence-corrected chi connectivity index (χ2v) is 8.50. The number of likely N-dealkylation sites (tertiary alicyclic amines) is 2. The van der Waals surface area contributed by atoms with Crippen LogP contribution in [0.15, 0.2) is 0 Å². The Labute approximate surface area is 149 Å². The zero-order valence-corrected chi connectivity index (χ0v) is 15.9. The molecular formula is C18H30N2O5. The highest BCUT2D eigenvalue weighted by Gasteiger charge is 2.57. The quantitative estimate of drug-likeness (QED) is 0.838. The van der Waals surface area contributed by atoms with Crippen molar-refractivity contribution in [1.82, 2.24) is 9.80 Å². The van der Waals surface area contributed by atoms with Crippen LogP contribution in [0.4, 0.5) is 4.79 Å². The van der Waals surface area contributed by atoms with Gasteiger partial charge in [0.1, 0.15) is 17.2 Å².